The molecule has 0 fully saturated rings. The lowest BCUT2D eigenvalue weighted by Crippen LogP contribution is -1.96. The lowest BCUT2D eigenvalue weighted by atomic mass is 9.96. The first-order valence-electron chi connectivity index (χ1n) is 10.8. The molecule has 3 aromatic carbocycles. The van der Waals surface area contributed by atoms with Crippen molar-refractivity contribution in [1.82, 2.24) is 0 Å². The highest BCUT2D eigenvalue weighted by atomic mass is 16.1. The van der Waals surface area contributed by atoms with E-state index in [0.717, 1.165) is 0 Å². The van der Waals surface area contributed by atoms with Crippen LogP contribution in [0.15, 0.2) is 36.4 Å². The van der Waals surface area contributed by atoms with E-state index in [1.165, 1.54) is 18.2 Å². The van der Waals surface area contributed by atoms with Gasteiger partial charge in [0.2, 0.25) is 0 Å². The second-order valence-corrected chi connectivity index (χ2v) is 8.04. The highest BCUT2D eigenvalue weighted by molar-refractivity contribution is 5.98. The Hall–Kier alpha value is -5.10. The van der Waals surface area contributed by atoms with Gasteiger partial charge in [-0.25, -0.2) is 0 Å². The molecule has 6 heteroatoms. The normalized spacial score (nSPS) is 14.3. The Labute approximate surface area is 206 Å². The van der Waals surface area contributed by atoms with Crippen molar-refractivity contribution in [2.75, 3.05) is 0 Å². The van der Waals surface area contributed by atoms with E-state index in [2.05, 4.69) is 0 Å². The number of carbonyl (C=O) groups excluding carboxylic acids is 6. The van der Waals surface area contributed by atoms with Gasteiger partial charge in [-0.3, -0.25) is 28.8 Å². The zero-order valence-electron chi connectivity index (χ0n) is 18.8. The Morgan fingerprint density at radius 1 is 0.278 bits per heavy atom. The van der Waals surface area contributed by atoms with Gasteiger partial charge in [-0.2, -0.15) is 0 Å². The van der Waals surface area contributed by atoms with Gasteiger partial charge in [-0.15, -0.1) is 0 Å². The Bertz CT molecular complexity index is 1250. The third-order valence-electron chi connectivity index (χ3n) is 5.96. The van der Waals surface area contributed by atoms with Crippen molar-refractivity contribution in [1.29, 1.82) is 0 Å². The molecule has 0 radical (unpaired) electrons. The van der Waals surface area contributed by atoms with E-state index in [1.54, 1.807) is 54.7 Å². The number of hydrogen-bond acceptors (Lipinski definition) is 6. The maximum absolute atomic E-state index is 11.7. The molecule has 174 valence electrons. The fraction of sp³-hybridized carbons (Fsp3) is 0. The van der Waals surface area contributed by atoms with Gasteiger partial charge in [0.15, 0.2) is 37.7 Å². The standard InChI is InChI=1S/C30H18O6/c31-13-25-10-27(15-33)21-3-4-23-9-24(30(18-36)12-29(23)17-35)6-5-22-8-20(2-1-19(25)7-21)26(14-32)11-28(22)16-34/h1-18H/b2-1-,4-3-,6-5-. The van der Waals surface area contributed by atoms with Gasteiger partial charge in [-0.05, 0) is 69.8 Å². The molecular formula is C30H18O6. The fourth-order valence-corrected chi connectivity index (χ4v) is 4.02. The van der Waals surface area contributed by atoms with Crippen molar-refractivity contribution in [2.24, 2.45) is 0 Å². The largest absolute Gasteiger partial charge is 0.298 e. The van der Waals surface area contributed by atoms with Crippen LogP contribution in [0.3, 0.4) is 0 Å². The quantitative estimate of drug-likeness (QED) is 0.347. The van der Waals surface area contributed by atoms with Crippen LogP contribution in [0.25, 0.3) is 36.5 Å². The van der Waals surface area contributed by atoms with E-state index >= 15 is 0 Å². The average Bonchev–Trinajstić information content (AvgIpc) is 2.92. The maximum Gasteiger partial charge on any atom is 0.150 e. The summed E-state index contributed by atoms with van der Waals surface area (Å²) in [6, 6.07) is 9.34. The molecule has 0 spiro atoms. The Kier molecular flexibility index (Phi) is 6.97. The molecule has 0 saturated heterocycles. The molecule has 1 aliphatic carbocycles. The number of hydrogen-bond donors (Lipinski definition) is 0. The number of fused-ring (bicyclic) bond motifs is 6. The molecule has 1 aliphatic rings. The van der Waals surface area contributed by atoms with Crippen molar-refractivity contribution in [3.05, 3.63) is 103 Å². The van der Waals surface area contributed by atoms with E-state index in [9.17, 15) is 28.8 Å². The van der Waals surface area contributed by atoms with Crippen LogP contribution in [0.5, 0.6) is 0 Å². The van der Waals surface area contributed by atoms with Gasteiger partial charge in [0, 0.05) is 33.4 Å². The van der Waals surface area contributed by atoms with E-state index in [1.807, 2.05) is 0 Å². The molecule has 0 amide bonds. The van der Waals surface area contributed by atoms with E-state index in [-0.39, 0.29) is 33.4 Å². The first kappa shape index (κ1) is 24.0. The number of aldehydes is 6. The van der Waals surface area contributed by atoms with Crippen molar-refractivity contribution in [3.8, 4) is 0 Å². The zero-order valence-corrected chi connectivity index (χ0v) is 18.8. The van der Waals surface area contributed by atoms with Gasteiger partial charge >= 0.3 is 0 Å². The Balaban J connectivity index is 2.09. The Morgan fingerprint density at radius 3 is 0.583 bits per heavy atom. The van der Waals surface area contributed by atoms with Crippen molar-refractivity contribution < 1.29 is 28.8 Å². The van der Waals surface area contributed by atoms with E-state index in [0.29, 0.717) is 71.1 Å². The second-order valence-electron chi connectivity index (χ2n) is 8.04. The molecule has 0 aliphatic heterocycles. The molecule has 6 nitrogen and oxygen atoms in total. The number of carbonyl (C=O) groups is 6. The van der Waals surface area contributed by atoms with Gasteiger partial charge in [0.25, 0.3) is 0 Å². The van der Waals surface area contributed by atoms with Gasteiger partial charge in [-0.1, -0.05) is 36.5 Å². The van der Waals surface area contributed by atoms with E-state index < -0.39 is 0 Å². The summed E-state index contributed by atoms with van der Waals surface area (Å²) < 4.78 is 0. The molecule has 0 saturated carbocycles. The van der Waals surface area contributed by atoms with Crippen molar-refractivity contribution >= 4 is 74.2 Å². The molecule has 6 bridgehead atoms. The minimum absolute atomic E-state index is 0.276. The van der Waals surface area contributed by atoms with Crippen LogP contribution in [0.4, 0.5) is 0 Å². The molecule has 4 rings (SSSR count). The van der Waals surface area contributed by atoms with E-state index in [4.69, 9.17) is 0 Å². The smallest absolute Gasteiger partial charge is 0.150 e. The molecular weight excluding hydrogens is 456 g/mol. The van der Waals surface area contributed by atoms with Crippen LogP contribution >= 0.6 is 0 Å². The molecule has 0 aromatic heterocycles. The average molecular weight is 474 g/mol. The molecule has 36 heavy (non-hydrogen) atoms. The summed E-state index contributed by atoms with van der Waals surface area (Å²) in [7, 11) is 0. The van der Waals surface area contributed by atoms with Gasteiger partial charge < -0.3 is 0 Å². The second kappa shape index (κ2) is 10.4. The predicted octanol–water partition coefficient (Wildman–Crippen LogP) is 5.39. The van der Waals surface area contributed by atoms with Crippen LogP contribution in [0.1, 0.15) is 95.5 Å². The predicted molar refractivity (Wildman–Crippen MR) is 138 cm³/mol. The Morgan fingerprint density at radius 2 is 0.444 bits per heavy atom. The third-order valence-corrected chi connectivity index (χ3v) is 5.96. The molecule has 0 heterocycles. The summed E-state index contributed by atoms with van der Waals surface area (Å²) in [5.74, 6) is 0. The summed E-state index contributed by atoms with van der Waals surface area (Å²) >= 11 is 0. The summed E-state index contributed by atoms with van der Waals surface area (Å²) in [5, 5.41) is 0. The number of rotatable bonds is 6. The number of benzene rings is 3. The maximum atomic E-state index is 11.7. The van der Waals surface area contributed by atoms with Gasteiger partial charge in [0.05, 0.1) is 0 Å². The zero-order chi connectivity index (χ0) is 25.7. The fourth-order valence-electron chi connectivity index (χ4n) is 4.02. The van der Waals surface area contributed by atoms with Crippen LogP contribution < -0.4 is 0 Å². The summed E-state index contributed by atoms with van der Waals surface area (Å²) in [6.07, 6.45) is 13.7. The van der Waals surface area contributed by atoms with Crippen LogP contribution in [-0.2, 0) is 0 Å². The molecule has 0 N–H and O–H groups in total. The SMILES string of the molecule is O=Cc1cc(C=O)c2cc1/C=C\c1cc(c(C=O)cc1C=O)/C=C\c1cc(c(C=O)cc1C=O)/C=C\2. The van der Waals surface area contributed by atoms with Crippen molar-refractivity contribution in [2.45, 2.75) is 0 Å². The molecule has 0 unspecified atom stereocenters. The van der Waals surface area contributed by atoms with Crippen LogP contribution in [0.2, 0.25) is 0 Å². The van der Waals surface area contributed by atoms with Gasteiger partial charge in [0.1, 0.15) is 0 Å². The van der Waals surface area contributed by atoms with Crippen LogP contribution in [-0.4, -0.2) is 37.7 Å². The first-order valence-corrected chi connectivity index (χ1v) is 10.8. The van der Waals surface area contributed by atoms with Crippen LogP contribution in [0, 0.1) is 0 Å². The molecule has 0 atom stereocenters. The summed E-state index contributed by atoms with van der Waals surface area (Å²) in [5.41, 5.74) is 4.69. The van der Waals surface area contributed by atoms with Crippen molar-refractivity contribution in [3.63, 3.8) is 0 Å². The third kappa shape index (κ3) is 4.60. The first-order chi connectivity index (χ1) is 17.5. The highest BCUT2D eigenvalue weighted by Gasteiger charge is 2.11. The summed E-state index contributed by atoms with van der Waals surface area (Å²) in [4.78, 5) is 70.3. The highest BCUT2D eigenvalue weighted by Crippen LogP contribution is 2.26. The summed E-state index contributed by atoms with van der Waals surface area (Å²) in [6.45, 7) is 0. The monoisotopic (exact) mass is 474 g/mol. The topological polar surface area (TPSA) is 102 Å². The molecule has 3 aromatic rings. The minimum Gasteiger partial charge on any atom is -0.298 e. The minimum atomic E-state index is 0.276. The lowest BCUT2D eigenvalue weighted by Gasteiger charge is -2.07. The lowest BCUT2D eigenvalue weighted by molar-refractivity contribution is 0.110.